The molecule has 0 atom stereocenters. The van der Waals surface area contributed by atoms with Crippen molar-refractivity contribution in [2.24, 2.45) is 5.92 Å². The van der Waals surface area contributed by atoms with Crippen molar-refractivity contribution in [2.75, 3.05) is 19.6 Å². The molecule has 1 heterocycles. The molecule has 3 nitrogen and oxygen atoms in total. The highest BCUT2D eigenvalue weighted by atomic mass is 16.2. The van der Waals surface area contributed by atoms with Crippen LogP contribution in [0.2, 0.25) is 0 Å². The third-order valence-corrected chi connectivity index (χ3v) is 4.41. The van der Waals surface area contributed by atoms with Gasteiger partial charge in [-0.1, -0.05) is 12.8 Å². The van der Waals surface area contributed by atoms with Crippen LogP contribution < -0.4 is 5.32 Å². The largest absolute Gasteiger partial charge is 0.340 e. The maximum Gasteiger partial charge on any atom is 0.219 e. The van der Waals surface area contributed by atoms with E-state index >= 15 is 0 Å². The van der Waals surface area contributed by atoms with E-state index in [0.717, 1.165) is 25.6 Å². The predicted molar refractivity (Wildman–Crippen MR) is 69.9 cm³/mol. The molecule has 0 aromatic rings. The zero-order chi connectivity index (χ0) is 12.1. The molecule has 0 radical (unpaired) electrons. The van der Waals surface area contributed by atoms with Crippen molar-refractivity contribution < 1.29 is 4.79 Å². The van der Waals surface area contributed by atoms with Gasteiger partial charge >= 0.3 is 0 Å². The maximum atomic E-state index is 11.7. The summed E-state index contributed by atoms with van der Waals surface area (Å²) in [5, 5.41) is 3.40. The molecule has 0 bridgehead atoms. The van der Waals surface area contributed by atoms with Crippen LogP contribution in [0.3, 0.4) is 0 Å². The topological polar surface area (TPSA) is 32.3 Å². The minimum atomic E-state index is 0.283. The van der Waals surface area contributed by atoms with Crippen molar-refractivity contribution in [2.45, 2.75) is 57.9 Å². The van der Waals surface area contributed by atoms with Crippen LogP contribution in [0.25, 0.3) is 0 Å². The van der Waals surface area contributed by atoms with Gasteiger partial charge in [-0.05, 0) is 51.1 Å². The zero-order valence-corrected chi connectivity index (χ0v) is 11.1. The number of hydrogen-bond acceptors (Lipinski definition) is 2. The number of nitrogens with one attached hydrogen (secondary N) is 1. The zero-order valence-electron chi connectivity index (χ0n) is 11.1. The summed E-state index contributed by atoms with van der Waals surface area (Å²) in [7, 11) is 0. The second-order valence-electron chi connectivity index (χ2n) is 5.63. The third kappa shape index (κ3) is 3.70. The number of carbonyl (C=O) groups excluding carboxylic acids is 1. The van der Waals surface area contributed by atoms with E-state index in [1.54, 1.807) is 6.92 Å². The monoisotopic (exact) mass is 238 g/mol. The lowest BCUT2D eigenvalue weighted by Crippen LogP contribution is -2.39. The molecule has 1 aliphatic heterocycles. The number of amides is 1. The van der Waals surface area contributed by atoms with E-state index in [2.05, 4.69) is 10.2 Å². The van der Waals surface area contributed by atoms with Crippen molar-refractivity contribution in [1.29, 1.82) is 0 Å². The van der Waals surface area contributed by atoms with Gasteiger partial charge in [-0.3, -0.25) is 4.79 Å². The van der Waals surface area contributed by atoms with Crippen LogP contribution in [0.5, 0.6) is 0 Å². The van der Waals surface area contributed by atoms with Gasteiger partial charge in [0.1, 0.15) is 0 Å². The van der Waals surface area contributed by atoms with Gasteiger partial charge in [-0.25, -0.2) is 0 Å². The molecule has 0 aromatic heterocycles. The van der Waals surface area contributed by atoms with E-state index in [1.807, 2.05) is 0 Å². The Balaban J connectivity index is 1.78. The van der Waals surface area contributed by atoms with Crippen LogP contribution in [0, 0.1) is 5.92 Å². The van der Waals surface area contributed by atoms with Crippen LogP contribution in [0.1, 0.15) is 51.9 Å². The molecule has 17 heavy (non-hydrogen) atoms. The fourth-order valence-electron chi connectivity index (χ4n) is 3.31. The Morgan fingerprint density at radius 3 is 2.41 bits per heavy atom. The lowest BCUT2D eigenvalue weighted by Gasteiger charge is -2.31. The van der Waals surface area contributed by atoms with E-state index in [-0.39, 0.29) is 5.91 Å². The summed E-state index contributed by atoms with van der Waals surface area (Å²) in [6.45, 7) is 5.05. The Morgan fingerprint density at radius 2 is 1.82 bits per heavy atom. The van der Waals surface area contributed by atoms with Crippen LogP contribution in [-0.4, -0.2) is 36.5 Å². The molecule has 3 heteroatoms. The summed E-state index contributed by atoms with van der Waals surface area (Å²) in [4.78, 5) is 13.9. The summed E-state index contributed by atoms with van der Waals surface area (Å²) in [6.07, 6.45) is 8.85. The Kier molecular flexibility index (Phi) is 4.84. The Morgan fingerprint density at radius 1 is 1.18 bits per heavy atom. The average Bonchev–Trinajstić information content (AvgIpc) is 2.84. The first-order chi connectivity index (χ1) is 8.27. The first kappa shape index (κ1) is 12.9. The summed E-state index contributed by atoms with van der Waals surface area (Å²) < 4.78 is 0. The van der Waals surface area contributed by atoms with Gasteiger partial charge in [-0.2, -0.15) is 0 Å². The Labute approximate surface area is 105 Å². The molecule has 2 aliphatic rings. The number of rotatable bonds is 4. The SMILES string of the molecule is CC(=O)N(CCC1CCNCC1)C1CCCC1. The van der Waals surface area contributed by atoms with Gasteiger partial charge in [0.25, 0.3) is 0 Å². The summed E-state index contributed by atoms with van der Waals surface area (Å²) in [6, 6.07) is 0.550. The number of nitrogens with zero attached hydrogens (tertiary/aromatic N) is 1. The quantitative estimate of drug-likeness (QED) is 0.814. The third-order valence-electron chi connectivity index (χ3n) is 4.41. The van der Waals surface area contributed by atoms with Crippen molar-refractivity contribution >= 4 is 5.91 Å². The molecule has 1 aliphatic carbocycles. The minimum absolute atomic E-state index is 0.283. The van der Waals surface area contributed by atoms with Crippen molar-refractivity contribution in [3.8, 4) is 0 Å². The van der Waals surface area contributed by atoms with Gasteiger partial charge < -0.3 is 10.2 Å². The molecular weight excluding hydrogens is 212 g/mol. The number of carbonyl (C=O) groups is 1. The van der Waals surface area contributed by atoms with Gasteiger partial charge in [-0.15, -0.1) is 0 Å². The highest BCUT2D eigenvalue weighted by molar-refractivity contribution is 5.73. The Bertz CT molecular complexity index is 243. The maximum absolute atomic E-state index is 11.7. The molecule has 1 amide bonds. The van der Waals surface area contributed by atoms with E-state index in [4.69, 9.17) is 0 Å². The smallest absolute Gasteiger partial charge is 0.219 e. The molecule has 0 unspecified atom stereocenters. The lowest BCUT2D eigenvalue weighted by molar-refractivity contribution is -0.131. The van der Waals surface area contributed by atoms with Crippen LogP contribution in [0.15, 0.2) is 0 Å². The summed E-state index contributed by atoms with van der Waals surface area (Å²) >= 11 is 0. The second kappa shape index (κ2) is 6.39. The summed E-state index contributed by atoms with van der Waals surface area (Å²) in [5.74, 6) is 1.12. The molecule has 0 aromatic carbocycles. The lowest BCUT2D eigenvalue weighted by atomic mass is 9.94. The van der Waals surface area contributed by atoms with Crippen LogP contribution >= 0.6 is 0 Å². The normalized spacial score (nSPS) is 22.9. The molecule has 2 rings (SSSR count). The number of piperidine rings is 1. The van der Waals surface area contributed by atoms with Gasteiger partial charge in [0, 0.05) is 19.5 Å². The van der Waals surface area contributed by atoms with Gasteiger partial charge in [0.2, 0.25) is 5.91 Å². The first-order valence-electron chi connectivity index (χ1n) is 7.25. The van der Waals surface area contributed by atoms with Crippen molar-refractivity contribution in [3.63, 3.8) is 0 Å². The van der Waals surface area contributed by atoms with Crippen molar-refractivity contribution in [3.05, 3.63) is 0 Å². The molecule has 1 saturated carbocycles. The fourth-order valence-corrected chi connectivity index (χ4v) is 3.31. The standard InChI is InChI=1S/C14H26N2O/c1-12(17)16(14-4-2-3-5-14)11-8-13-6-9-15-10-7-13/h13-15H,2-11H2,1H3. The molecule has 0 spiro atoms. The van der Waals surface area contributed by atoms with Crippen LogP contribution in [0.4, 0.5) is 0 Å². The first-order valence-corrected chi connectivity index (χ1v) is 7.25. The minimum Gasteiger partial charge on any atom is -0.340 e. The van der Waals surface area contributed by atoms with E-state index in [0.29, 0.717) is 6.04 Å². The second-order valence-corrected chi connectivity index (χ2v) is 5.63. The summed E-state index contributed by atoms with van der Waals surface area (Å²) in [5.41, 5.74) is 0. The average molecular weight is 238 g/mol. The number of hydrogen-bond donors (Lipinski definition) is 1. The van der Waals surface area contributed by atoms with E-state index in [1.165, 1.54) is 44.9 Å². The Hall–Kier alpha value is -0.570. The fraction of sp³-hybridized carbons (Fsp3) is 0.929. The van der Waals surface area contributed by atoms with Crippen LogP contribution in [-0.2, 0) is 4.79 Å². The van der Waals surface area contributed by atoms with E-state index < -0.39 is 0 Å². The van der Waals surface area contributed by atoms with Gasteiger partial charge in [0.05, 0.1) is 0 Å². The highest BCUT2D eigenvalue weighted by Gasteiger charge is 2.25. The molecule has 1 saturated heterocycles. The van der Waals surface area contributed by atoms with Crippen molar-refractivity contribution in [1.82, 2.24) is 10.2 Å². The molecular formula is C14H26N2O. The van der Waals surface area contributed by atoms with Gasteiger partial charge in [0.15, 0.2) is 0 Å². The predicted octanol–water partition coefficient (Wildman–Crippen LogP) is 2.17. The highest BCUT2D eigenvalue weighted by Crippen LogP contribution is 2.25. The van der Waals surface area contributed by atoms with E-state index in [9.17, 15) is 4.79 Å². The molecule has 2 fully saturated rings. The molecule has 1 N–H and O–H groups in total. The molecule has 98 valence electrons.